The van der Waals surface area contributed by atoms with E-state index in [2.05, 4.69) is 15.3 Å². The zero-order valence-electron chi connectivity index (χ0n) is 6.72. The van der Waals surface area contributed by atoms with Gasteiger partial charge in [-0.15, -0.1) is 0 Å². The fourth-order valence-electron chi connectivity index (χ4n) is 1.53. The second-order valence-corrected chi connectivity index (χ2v) is 3.10. The van der Waals surface area contributed by atoms with Gasteiger partial charge in [0.25, 0.3) is 0 Å². The Labute approximate surface area is 67.0 Å². The van der Waals surface area contributed by atoms with E-state index in [1.807, 2.05) is 14.0 Å². The molecular formula is C7H12BN3. The Balaban J connectivity index is 2.15. The van der Waals surface area contributed by atoms with Crippen LogP contribution in [0.15, 0.2) is 6.20 Å². The van der Waals surface area contributed by atoms with Gasteiger partial charge in [-0.2, -0.15) is 0 Å². The van der Waals surface area contributed by atoms with E-state index in [0.29, 0.717) is 6.04 Å². The highest BCUT2D eigenvalue weighted by Gasteiger charge is 2.17. The fourth-order valence-corrected chi connectivity index (χ4v) is 1.53. The molecular weight excluding hydrogens is 137 g/mol. The summed E-state index contributed by atoms with van der Waals surface area (Å²) < 4.78 is 0. The molecule has 0 saturated carbocycles. The molecule has 4 heteroatoms. The zero-order chi connectivity index (χ0) is 7.68. The number of aromatic amines is 1. The minimum atomic E-state index is 0.476. The molecule has 2 rings (SSSR count). The number of rotatable bonds is 1. The third-order valence-electron chi connectivity index (χ3n) is 2.11. The Hall–Kier alpha value is -0.765. The van der Waals surface area contributed by atoms with E-state index in [1.165, 1.54) is 12.8 Å². The van der Waals surface area contributed by atoms with Crippen molar-refractivity contribution < 1.29 is 0 Å². The maximum absolute atomic E-state index is 4.28. The normalized spacial score (nSPS) is 24.2. The van der Waals surface area contributed by atoms with Crippen molar-refractivity contribution >= 4 is 13.4 Å². The van der Waals surface area contributed by atoms with Gasteiger partial charge in [0, 0.05) is 6.20 Å². The Morgan fingerprint density at radius 1 is 1.64 bits per heavy atom. The predicted molar refractivity (Wildman–Crippen MR) is 46.7 cm³/mol. The van der Waals surface area contributed by atoms with E-state index in [4.69, 9.17) is 0 Å². The summed E-state index contributed by atoms with van der Waals surface area (Å²) in [6.07, 6.45) is 4.37. The van der Waals surface area contributed by atoms with Crippen LogP contribution < -0.4 is 10.9 Å². The molecule has 1 atom stereocenters. The van der Waals surface area contributed by atoms with Crippen LogP contribution in [-0.2, 0) is 0 Å². The number of H-pyrrole nitrogens is 1. The summed E-state index contributed by atoms with van der Waals surface area (Å²) in [6.45, 7) is 1.13. The van der Waals surface area contributed by atoms with Crippen molar-refractivity contribution in [2.75, 3.05) is 6.54 Å². The first-order chi connectivity index (χ1) is 5.36. The predicted octanol–water partition coefficient (Wildman–Crippen LogP) is -0.907. The molecule has 0 radical (unpaired) electrons. The zero-order valence-corrected chi connectivity index (χ0v) is 6.72. The molecule has 3 nitrogen and oxygen atoms in total. The van der Waals surface area contributed by atoms with E-state index in [1.54, 1.807) is 0 Å². The molecule has 1 aromatic rings. The first kappa shape index (κ1) is 6.92. The summed E-state index contributed by atoms with van der Waals surface area (Å²) >= 11 is 0. The van der Waals surface area contributed by atoms with Crippen LogP contribution in [-0.4, -0.2) is 24.4 Å². The molecule has 1 aliphatic rings. The van der Waals surface area contributed by atoms with Crippen LogP contribution in [0.5, 0.6) is 0 Å². The van der Waals surface area contributed by atoms with E-state index in [9.17, 15) is 0 Å². The van der Waals surface area contributed by atoms with E-state index < -0.39 is 0 Å². The summed E-state index contributed by atoms with van der Waals surface area (Å²) in [7, 11) is 2.03. The Morgan fingerprint density at radius 2 is 2.55 bits per heavy atom. The average Bonchev–Trinajstić information content (AvgIpc) is 2.55. The SMILES string of the molecule is Bc1cnc([C@@H]2CCCN2)[nH]1. The average molecular weight is 149 g/mol. The molecule has 0 aromatic carbocycles. The van der Waals surface area contributed by atoms with Crippen LogP contribution in [0.1, 0.15) is 24.7 Å². The fraction of sp³-hybridized carbons (Fsp3) is 0.571. The number of aromatic nitrogens is 2. The topological polar surface area (TPSA) is 40.7 Å². The Kier molecular flexibility index (Phi) is 1.70. The summed E-state index contributed by atoms with van der Waals surface area (Å²) in [5.74, 6) is 1.10. The van der Waals surface area contributed by atoms with Crippen molar-refractivity contribution in [3.05, 3.63) is 12.0 Å². The Morgan fingerprint density at radius 3 is 3.09 bits per heavy atom. The van der Waals surface area contributed by atoms with Gasteiger partial charge in [-0.3, -0.25) is 0 Å². The quantitative estimate of drug-likeness (QED) is 0.507. The van der Waals surface area contributed by atoms with Gasteiger partial charge < -0.3 is 10.3 Å². The van der Waals surface area contributed by atoms with Gasteiger partial charge in [0.05, 0.1) is 6.04 Å². The van der Waals surface area contributed by atoms with Gasteiger partial charge in [0.15, 0.2) is 7.85 Å². The smallest absolute Gasteiger partial charge is 0.162 e. The van der Waals surface area contributed by atoms with E-state index >= 15 is 0 Å². The maximum atomic E-state index is 4.28. The molecule has 0 spiro atoms. The van der Waals surface area contributed by atoms with Gasteiger partial charge in [-0.05, 0) is 25.0 Å². The molecule has 58 valence electrons. The van der Waals surface area contributed by atoms with Gasteiger partial charge in [-0.25, -0.2) is 4.98 Å². The minimum Gasteiger partial charge on any atom is -0.354 e. The first-order valence-electron chi connectivity index (χ1n) is 4.11. The third kappa shape index (κ3) is 1.31. The number of hydrogen-bond donors (Lipinski definition) is 2. The molecule has 1 fully saturated rings. The molecule has 0 unspecified atom stereocenters. The van der Waals surface area contributed by atoms with E-state index in [0.717, 1.165) is 18.0 Å². The molecule has 1 saturated heterocycles. The molecule has 1 aliphatic heterocycles. The standard InChI is InChI=1S/C7H12BN3/c8-6-4-10-7(11-6)5-2-1-3-9-5/h4-5,9H,1-3,8H2,(H,10,11)/t5-/m0/s1. The maximum Gasteiger partial charge on any atom is 0.162 e. The van der Waals surface area contributed by atoms with Gasteiger partial charge in [0.2, 0.25) is 0 Å². The lowest BCUT2D eigenvalue weighted by Gasteiger charge is -2.04. The molecule has 1 aromatic heterocycles. The molecule has 11 heavy (non-hydrogen) atoms. The summed E-state index contributed by atoms with van der Waals surface area (Å²) in [4.78, 5) is 7.52. The number of nitrogens with one attached hydrogen (secondary N) is 2. The number of hydrogen-bond acceptors (Lipinski definition) is 2. The number of nitrogens with zero attached hydrogens (tertiary/aromatic N) is 1. The summed E-state index contributed by atoms with van der Waals surface area (Å²) in [5.41, 5.74) is 1.15. The second kappa shape index (κ2) is 2.70. The molecule has 2 heterocycles. The van der Waals surface area contributed by atoms with Crippen molar-refractivity contribution in [2.24, 2.45) is 0 Å². The van der Waals surface area contributed by atoms with Gasteiger partial charge >= 0.3 is 0 Å². The van der Waals surface area contributed by atoms with Crippen molar-refractivity contribution in [3.63, 3.8) is 0 Å². The van der Waals surface area contributed by atoms with Gasteiger partial charge in [0.1, 0.15) is 5.82 Å². The monoisotopic (exact) mass is 149 g/mol. The van der Waals surface area contributed by atoms with Crippen molar-refractivity contribution in [1.82, 2.24) is 15.3 Å². The summed E-state index contributed by atoms with van der Waals surface area (Å²) in [5, 5.41) is 3.39. The largest absolute Gasteiger partial charge is 0.354 e. The lowest BCUT2D eigenvalue weighted by Crippen LogP contribution is -2.15. The molecule has 2 N–H and O–H groups in total. The van der Waals surface area contributed by atoms with Crippen molar-refractivity contribution in [2.45, 2.75) is 18.9 Å². The van der Waals surface area contributed by atoms with E-state index in [-0.39, 0.29) is 0 Å². The van der Waals surface area contributed by atoms with Crippen LogP contribution in [0.3, 0.4) is 0 Å². The highest BCUT2D eigenvalue weighted by atomic mass is 15.0. The molecule has 0 aliphatic carbocycles. The highest BCUT2D eigenvalue weighted by Crippen LogP contribution is 2.18. The third-order valence-corrected chi connectivity index (χ3v) is 2.11. The molecule has 0 bridgehead atoms. The van der Waals surface area contributed by atoms with Crippen molar-refractivity contribution in [1.29, 1.82) is 0 Å². The first-order valence-corrected chi connectivity index (χ1v) is 4.11. The van der Waals surface area contributed by atoms with Crippen LogP contribution in [0.2, 0.25) is 0 Å². The van der Waals surface area contributed by atoms with Crippen LogP contribution >= 0.6 is 0 Å². The lowest BCUT2D eigenvalue weighted by molar-refractivity contribution is 0.613. The lowest BCUT2D eigenvalue weighted by atomic mass is 10.1. The molecule has 0 amide bonds. The van der Waals surface area contributed by atoms with Gasteiger partial charge in [-0.1, -0.05) is 0 Å². The van der Waals surface area contributed by atoms with Crippen LogP contribution in [0.4, 0.5) is 0 Å². The van der Waals surface area contributed by atoms with Crippen LogP contribution in [0, 0.1) is 0 Å². The summed E-state index contributed by atoms with van der Waals surface area (Å²) in [6, 6.07) is 0.476. The van der Waals surface area contributed by atoms with Crippen LogP contribution in [0.25, 0.3) is 0 Å². The van der Waals surface area contributed by atoms with Crippen molar-refractivity contribution in [3.8, 4) is 0 Å². The number of imidazole rings is 1. The highest BCUT2D eigenvalue weighted by molar-refractivity contribution is 6.30. The minimum absolute atomic E-state index is 0.476. The Bertz CT molecular complexity index is 240. The second-order valence-electron chi connectivity index (χ2n) is 3.10.